The Kier molecular flexibility index (Phi) is 3.39. The number of hydrogen-bond acceptors (Lipinski definition) is 4. The molecule has 0 atom stereocenters. The van der Waals surface area contributed by atoms with Crippen molar-refractivity contribution >= 4 is 10.0 Å². The van der Waals surface area contributed by atoms with E-state index in [4.69, 9.17) is 5.11 Å². The Balaban J connectivity index is 2.93. The molecule has 1 heterocycles. The number of H-pyrrole nitrogens is 1. The maximum absolute atomic E-state index is 11.4. The number of rotatable bonds is 4. The summed E-state index contributed by atoms with van der Waals surface area (Å²) >= 11 is 0. The lowest BCUT2D eigenvalue weighted by molar-refractivity contribution is 0.301. The predicted molar refractivity (Wildman–Crippen MR) is 49.3 cm³/mol. The summed E-state index contributed by atoms with van der Waals surface area (Å²) in [5.41, 5.74) is -0.369. The van der Waals surface area contributed by atoms with Crippen LogP contribution in [-0.4, -0.2) is 31.7 Å². The quantitative estimate of drug-likeness (QED) is 0.581. The molecule has 6 nitrogen and oxygen atoms in total. The number of pyridine rings is 1. The Labute approximate surface area is 80.6 Å². The van der Waals surface area contributed by atoms with Crippen molar-refractivity contribution in [2.24, 2.45) is 0 Å². The molecule has 14 heavy (non-hydrogen) atoms. The molecule has 0 aromatic carbocycles. The van der Waals surface area contributed by atoms with Crippen LogP contribution in [0.15, 0.2) is 28.0 Å². The maximum Gasteiger partial charge on any atom is 0.247 e. The zero-order chi connectivity index (χ0) is 10.6. The number of aliphatic hydroxyl groups is 1. The van der Waals surface area contributed by atoms with Gasteiger partial charge < -0.3 is 10.1 Å². The van der Waals surface area contributed by atoms with Gasteiger partial charge in [0.1, 0.15) is 0 Å². The van der Waals surface area contributed by atoms with E-state index in [-0.39, 0.29) is 23.6 Å². The average Bonchev–Trinajstić information content (AvgIpc) is 2.16. The van der Waals surface area contributed by atoms with Gasteiger partial charge in [0.2, 0.25) is 15.6 Å². The molecule has 0 aliphatic heterocycles. The van der Waals surface area contributed by atoms with Crippen molar-refractivity contribution in [1.82, 2.24) is 9.71 Å². The van der Waals surface area contributed by atoms with E-state index >= 15 is 0 Å². The van der Waals surface area contributed by atoms with Crippen LogP contribution >= 0.6 is 0 Å². The van der Waals surface area contributed by atoms with Crippen LogP contribution in [0.1, 0.15) is 0 Å². The topological polar surface area (TPSA) is 99.3 Å². The minimum Gasteiger partial charge on any atom is -0.395 e. The van der Waals surface area contributed by atoms with Gasteiger partial charge in [0.15, 0.2) is 0 Å². The number of hydrogen-bond donors (Lipinski definition) is 3. The fourth-order valence-corrected chi connectivity index (χ4v) is 1.81. The zero-order valence-corrected chi connectivity index (χ0v) is 8.04. The molecular formula is C7H10N2O4S. The highest BCUT2D eigenvalue weighted by atomic mass is 32.2. The van der Waals surface area contributed by atoms with Gasteiger partial charge in [0.05, 0.1) is 11.5 Å². The van der Waals surface area contributed by atoms with Crippen LogP contribution in [0.4, 0.5) is 0 Å². The zero-order valence-electron chi connectivity index (χ0n) is 7.23. The molecule has 3 N–H and O–H groups in total. The minimum absolute atomic E-state index is 0.0365. The molecule has 0 bridgehead atoms. The SMILES string of the molecule is O=c1ccc(S(=O)(=O)NCCO)c[nH]1. The first kappa shape index (κ1) is 10.9. The number of nitrogens with one attached hydrogen (secondary N) is 2. The van der Waals surface area contributed by atoms with Gasteiger partial charge >= 0.3 is 0 Å². The van der Waals surface area contributed by atoms with Crippen LogP contribution in [-0.2, 0) is 10.0 Å². The van der Waals surface area contributed by atoms with E-state index in [1.807, 2.05) is 0 Å². The predicted octanol–water partition coefficient (Wildman–Crippen LogP) is -1.35. The molecule has 1 aromatic heterocycles. The fourth-order valence-electron chi connectivity index (χ4n) is 0.827. The van der Waals surface area contributed by atoms with Crippen LogP contribution in [0.25, 0.3) is 0 Å². The Morgan fingerprint density at radius 3 is 2.64 bits per heavy atom. The molecule has 1 rings (SSSR count). The second-order valence-corrected chi connectivity index (χ2v) is 4.28. The second-order valence-electron chi connectivity index (χ2n) is 2.51. The van der Waals surface area contributed by atoms with Gasteiger partial charge in [0.25, 0.3) is 0 Å². The van der Waals surface area contributed by atoms with E-state index in [0.717, 1.165) is 12.3 Å². The number of aromatic amines is 1. The first-order chi connectivity index (χ1) is 6.56. The summed E-state index contributed by atoms with van der Waals surface area (Å²) < 4.78 is 24.9. The number of aliphatic hydroxyl groups excluding tert-OH is 1. The lowest BCUT2D eigenvalue weighted by atomic mass is 10.5. The summed E-state index contributed by atoms with van der Waals surface area (Å²) in [4.78, 5) is 12.9. The van der Waals surface area contributed by atoms with Crippen molar-refractivity contribution < 1.29 is 13.5 Å². The molecule has 0 fully saturated rings. The van der Waals surface area contributed by atoms with Crippen LogP contribution in [0.3, 0.4) is 0 Å². The fraction of sp³-hybridized carbons (Fsp3) is 0.286. The van der Waals surface area contributed by atoms with Crippen molar-refractivity contribution in [3.05, 3.63) is 28.7 Å². The molecule has 0 amide bonds. The van der Waals surface area contributed by atoms with Gasteiger partial charge in [-0.2, -0.15) is 0 Å². The first-order valence-corrected chi connectivity index (χ1v) is 5.34. The normalized spacial score (nSPS) is 11.5. The standard InChI is InChI=1S/C7H10N2O4S/c10-4-3-9-14(12,13)6-1-2-7(11)8-5-6/h1-2,5,9-10H,3-4H2,(H,8,11). The highest BCUT2D eigenvalue weighted by Gasteiger charge is 2.12. The summed E-state index contributed by atoms with van der Waals surface area (Å²) in [6.07, 6.45) is 1.10. The molecule has 0 unspecified atom stereocenters. The van der Waals surface area contributed by atoms with Gasteiger partial charge in [0, 0.05) is 18.8 Å². The highest BCUT2D eigenvalue weighted by molar-refractivity contribution is 7.89. The summed E-state index contributed by atoms with van der Waals surface area (Å²) in [6, 6.07) is 2.31. The van der Waals surface area contributed by atoms with E-state index in [0.29, 0.717) is 0 Å². The molecule has 0 saturated heterocycles. The van der Waals surface area contributed by atoms with E-state index in [9.17, 15) is 13.2 Å². The van der Waals surface area contributed by atoms with Crippen LogP contribution in [0.2, 0.25) is 0 Å². The van der Waals surface area contributed by atoms with E-state index in [1.165, 1.54) is 6.07 Å². The molecule has 0 aliphatic carbocycles. The number of sulfonamides is 1. The average molecular weight is 218 g/mol. The van der Waals surface area contributed by atoms with E-state index < -0.39 is 10.0 Å². The summed E-state index contributed by atoms with van der Waals surface area (Å²) in [7, 11) is -3.62. The van der Waals surface area contributed by atoms with E-state index in [2.05, 4.69) is 9.71 Å². The van der Waals surface area contributed by atoms with E-state index in [1.54, 1.807) is 0 Å². The van der Waals surface area contributed by atoms with Gasteiger partial charge in [-0.1, -0.05) is 0 Å². The summed E-state index contributed by atoms with van der Waals surface area (Å²) in [6.45, 7) is -0.329. The van der Waals surface area contributed by atoms with Gasteiger partial charge in [-0.3, -0.25) is 4.79 Å². The van der Waals surface area contributed by atoms with Crippen molar-refractivity contribution in [2.75, 3.05) is 13.2 Å². The van der Waals surface area contributed by atoms with Crippen molar-refractivity contribution in [3.63, 3.8) is 0 Å². The van der Waals surface area contributed by atoms with Gasteiger partial charge in [-0.05, 0) is 6.07 Å². The molecule has 0 saturated carbocycles. The Hall–Kier alpha value is -1.18. The second kappa shape index (κ2) is 4.36. The van der Waals surface area contributed by atoms with Crippen LogP contribution < -0.4 is 10.3 Å². The maximum atomic E-state index is 11.4. The van der Waals surface area contributed by atoms with Crippen LogP contribution in [0.5, 0.6) is 0 Å². The molecular weight excluding hydrogens is 208 g/mol. The highest BCUT2D eigenvalue weighted by Crippen LogP contribution is 2.02. The largest absolute Gasteiger partial charge is 0.395 e. The van der Waals surface area contributed by atoms with Crippen molar-refractivity contribution in [2.45, 2.75) is 4.90 Å². The minimum atomic E-state index is -3.62. The van der Waals surface area contributed by atoms with Crippen LogP contribution in [0, 0.1) is 0 Å². The third-order valence-electron chi connectivity index (χ3n) is 1.47. The van der Waals surface area contributed by atoms with Gasteiger partial charge in [-0.25, -0.2) is 13.1 Å². The molecule has 1 aromatic rings. The molecule has 0 aliphatic rings. The number of aromatic nitrogens is 1. The molecule has 7 heteroatoms. The van der Waals surface area contributed by atoms with Gasteiger partial charge in [-0.15, -0.1) is 0 Å². The lowest BCUT2D eigenvalue weighted by Crippen LogP contribution is -2.27. The summed E-state index contributed by atoms with van der Waals surface area (Å²) in [5, 5.41) is 8.44. The Morgan fingerprint density at radius 2 is 2.14 bits per heavy atom. The Bertz CT molecular complexity index is 431. The lowest BCUT2D eigenvalue weighted by Gasteiger charge is -2.03. The first-order valence-electron chi connectivity index (χ1n) is 3.85. The van der Waals surface area contributed by atoms with Crippen molar-refractivity contribution in [3.8, 4) is 0 Å². The summed E-state index contributed by atoms with van der Waals surface area (Å²) in [5.74, 6) is 0. The molecule has 0 spiro atoms. The molecule has 0 radical (unpaired) electrons. The Morgan fingerprint density at radius 1 is 1.43 bits per heavy atom. The third-order valence-corrected chi connectivity index (χ3v) is 2.93. The molecule has 78 valence electrons. The third kappa shape index (κ3) is 2.66. The smallest absolute Gasteiger partial charge is 0.247 e. The van der Waals surface area contributed by atoms with Crippen molar-refractivity contribution in [1.29, 1.82) is 0 Å². The monoisotopic (exact) mass is 218 g/mol.